The number of nitrogens with one attached hydrogen (secondary N) is 1. The van der Waals surface area contributed by atoms with Crippen LogP contribution in [0.3, 0.4) is 0 Å². The van der Waals surface area contributed by atoms with E-state index in [1.54, 1.807) is 0 Å². The predicted molar refractivity (Wildman–Crippen MR) is 73.9 cm³/mol. The summed E-state index contributed by atoms with van der Waals surface area (Å²) in [5, 5.41) is 3.31. The third-order valence-corrected chi connectivity index (χ3v) is 3.10. The molecule has 1 saturated heterocycles. The number of anilines is 1. The molecule has 0 aliphatic carbocycles. The van der Waals surface area contributed by atoms with Gasteiger partial charge in [-0.3, -0.25) is 0 Å². The monoisotopic (exact) mass is 249 g/mol. The van der Waals surface area contributed by atoms with Crippen LogP contribution in [-0.2, 0) is 11.3 Å². The third-order valence-electron chi connectivity index (χ3n) is 3.10. The zero-order valence-electron chi connectivity index (χ0n) is 11.6. The molecular weight excluding hydrogens is 226 g/mol. The molecule has 1 aliphatic rings. The zero-order valence-corrected chi connectivity index (χ0v) is 11.6. The van der Waals surface area contributed by atoms with Gasteiger partial charge in [-0.05, 0) is 32.5 Å². The Kier molecular flexibility index (Phi) is 4.19. The smallest absolute Gasteiger partial charge is 0.129 e. The van der Waals surface area contributed by atoms with E-state index in [-0.39, 0.29) is 5.60 Å². The molecule has 1 aromatic heterocycles. The summed E-state index contributed by atoms with van der Waals surface area (Å²) in [5.41, 5.74) is 1.01. The maximum absolute atomic E-state index is 5.73. The fourth-order valence-corrected chi connectivity index (χ4v) is 2.21. The van der Waals surface area contributed by atoms with Crippen molar-refractivity contribution in [1.29, 1.82) is 0 Å². The summed E-state index contributed by atoms with van der Waals surface area (Å²) in [5.74, 6) is 1.06. The average Bonchev–Trinajstić information content (AvgIpc) is 2.35. The van der Waals surface area contributed by atoms with Gasteiger partial charge in [0.05, 0.1) is 17.9 Å². The van der Waals surface area contributed by atoms with Crippen molar-refractivity contribution < 1.29 is 4.74 Å². The Morgan fingerprint density at radius 2 is 2.28 bits per heavy atom. The van der Waals surface area contributed by atoms with Crippen molar-refractivity contribution in [3.05, 3.63) is 23.9 Å². The Balaban J connectivity index is 2.07. The van der Waals surface area contributed by atoms with Crippen molar-refractivity contribution in [2.24, 2.45) is 0 Å². The highest BCUT2D eigenvalue weighted by Gasteiger charge is 2.27. The lowest BCUT2D eigenvalue weighted by molar-refractivity contribution is -0.0279. The first kappa shape index (κ1) is 13.3. The highest BCUT2D eigenvalue weighted by Crippen LogP contribution is 2.21. The molecule has 4 heteroatoms. The minimum absolute atomic E-state index is 0.0857. The molecule has 18 heavy (non-hydrogen) atoms. The number of hydrogen-bond acceptors (Lipinski definition) is 4. The Hall–Kier alpha value is -1.13. The van der Waals surface area contributed by atoms with Crippen LogP contribution in [0.2, 0.25) is 0 Å². The number of morpholine rings is 1. The number of hydrogen-bond donors (Lipinski definition) is 1. The molecule has 1 N–H and O–H groups in total. The zero-order chi connectivity index (χ0) is 13.0. The van der Waals surface area contributed by atoms with Crippen molar-refractivity contribution in [3.8, 4) is 0 Å². The molecule has 0 radical (unpaired) electrons. The van der Waals surface area contributed by atoms with Gasteiger partial charge in [-0.15, -0.1) is 0 Å². The standard InChI is InChI=1S/C14H23N3O/c1-4-15-10-12-6-5-7-13(16-12)17-8-9-18-14(2,3)11-17/h5-7,15H,4,8-11H2,1-3H3. The highest BCUT2D eigenvalue weighted by atomic mass is 16.5. The summed E-state index contributed by atoms with van der Waals surface area (Å²) in [4.78, 5) is 7.01. The molecule has 2 heterocycles. The maximum Gasteiger partial charge on any atom is 0.129 e. The van der Waals surface area contributed by atoms with E-state index in [0.717, 1.165) is 44.3 Å². The van der Waals surface area contributed by atoms with Gasteiger partial charge in [0.25, 0.3) is 0 Å². The third kappa shape index (κ3) is 3.43. The minimum atomic E-state index is -0.0857. The van der Waals surface area contributed by atoms with Crippen LogP contribution in [0.25, 0.3) is 0 Å². The van der Waals surface area contributed by atoms with Crippen LogP contribution < -0.4 is 10.2 Å². The van der Waals surface area contributed by atoms with Crippen molar-refractivity contribution in [1.82, 2.24) is 10.3 Å². The summed E-state index contributed by atoms with van der Waals surface area (Å²) in [6.07, 6.45) is 0. The fraction of sp³-hybridized carbons (Fsp3) is 0.643. The summed E-state index contributed by atoms with van der Waals surface area (Å²) in [6.45, 7) is 10.7. The van der Waals surface area contributed by atoms with Gasteiger partial charge in [-0.25, -0.2) is 4.98 Å². The quantitative estimate of drug-likeness (QED) is 0.883. The van der Waals surface area contributed by atoms with E-state index in [1.807, 2.05) is 0 Å². The second-order valence-corrected chi connectivity index (χ2v) is 5.30. The van der Waals surface area contributed by atoms with Gasteiger partial charge < -0.3 is 15.0 Å². The highest BCUT2D eigenvalue weighted by molar-refractivity contribution is 5.40. The van der Waals surface area contributed by atoms with Crippen molar-refractivity contribution in [3.63, 3.8) is 0 Å². The second kappa shape index (κ2) is 5.67. The Morgan fingerprint density at radius 3 is 3.00 bits per heavy atom. The SMILES string of the molecule is CCNCc1cccc(N2CCOC(C)(C)C2)n1. The molecule has 1 fully saturated rings. The normalized spacial score (nSPS) is 18.9. The number of aromatic nitrogens is 1. The molecule has 0 amide bonds. The largest absolute Gasteiger partial charge is 0.372 e. The van der Waals surface area contributed by atoms with Crippen LogP contribution in [0.5, 0.6) is 0 Å². The van der Waals surface area contributed by atoms with E-state index >= 15 is 0 Å². The molecule has 4 nitrogen and oxygen atoms in total. The predicted octanol–water partition coefficient (Wildman–Crippen LogP) is 1.81. The lowest BCUT2D eigenvalue weighted by atomic mass is 10.1. The summed E-state index contributed by atoms with van der Waals surface area (Å²) < 4.78 is 5.73. The molecular formula is C14H23N3O. The first-order valence-electron chi connectivity index (χ1n) is 6.66. The summed E-state index contributed by atoms with van der Waals surface area (Å²) >= 11 is 0. The molecule has 0 atom stereocenters. The number of ether oxygens (including phenoxy) is 1. The second-order valence-electron chi connectivity index (χ2n) is 5.30. The van der Waals surface area contributed by atoms with Gasteiger partial charge >= 0.3 is 0 Å². The molecule has 1 aromatic rings. The van der Waals surface area contributed by atoms with Crippen LogP contribution in [0.15, 0.2) is 18.2 Å². The Morgan fingerprint density at radius 1 is 1.44 bits per heavy atom. The molecule has 0 aromatic carbocycles. The van der Waals surface area contributed by atoms with E-state index < -0.39 is 0 Å². The van der Waals surface area contributed by atoms with Gasteiger partial charge in [0.1, 0.15) is 5.82 Å². The van der Waals surface area contributed by atoms with Gasteiger partial charge in [-0.2, -0.15) is 0 Å². The number of rotatable bonds is 4. The van der Waals surface area contributed by atoms with Crippen LogP contribution in [0, 0.1) is 0 Å². The lowest BCUT2D eigenvalue weighted by Gasteiger charge is -2.38. The summed E-state index contributed by atoms with van der Waals surface area (Å²) in [6, 6.07) is 6.23. The van der Waals surface area contributed by atoms with Crippen molar-refractivity contribution in [2.45, 2.75) is 32.9 Å². The molecule has 0 unspecified atom stereocenters. The first-order chi connectivity index (χ1) is 8.61. The van der Waals surface area contributed by atoms with Crippen LogP contribution in [0.1, 0.15) is 26.5 Å². The Bertz CT molecular complexity index is 392. The minimum Gasteiger partial charge on any atom is -0.372 e. The Labute approximate surface area is 109 Å². The van der Waals surface area contributed by atoms with Crippen LogP contribution >= 0.6 is 0 Å². The van der Waals surface area contributed by atoms with Gasteiger partial charge in [0.2, 0.25) is 0 Å². The molecule has 2 rings (SSSR count). The van der Waals surface area contributed by atoms with E-state index in [0.29, 0.717) is 0 Å². The van der Waals surface area contributed by atoms with E-state index in [1.165, 1.54) is 0 Å². The van der Waals surface area contributed by atoms with E-state index in [9.17, 15) is 0 Å². The van der Waals surface area contributed by atoms with E-state index in [4.69, 9.17) is 9.72 Å². The number of pyridine rings is 1. The molecule has 0 spiro atoms. The molecule has 100 valence electrons. The summed E-state index contributed by atoms with van der Waals surface area (Å²) in [7, 11) is 0. The van der Waals surface area contributed by atoms with Crippen LogP contribution in [-0.4, -0.2) is 36.8 Å². The number of nitrogens with zero attached hydrogens (tertiary/aromatic N) is 2. The molecule has 1 aliphatic heterocycles. The molecule has 0 bridgehead atoms. The van der Waals surface area contributed by atoms with Crippen molar-refractivity contribution >= 4 is 5.82 Å². The average molecular weight is 249 g/mol. The van der Waals surface area contributed by atoms with Crippen molar-refractivity contribution in [2.75, 3.05) is 31.1 Å². The maximum atomic E-state index is 5.73. The van der Waals surface area contributed by atoms with Gasteiger partial charge in [0.15, 0.2) is 0 Å². The van der Waals surface area contributed by atoms with Gasteiger partial charge in [-0.1, -0.05) is 13.0 Å². The first-order valence-corrected chi connectivity index (χ1v) is 6.66. The lowest BCUT2D eigenvalue weighted by Crippen LogP contribution is -2.48. The van der Waals surface area contributed by atoms with Gasteiger partial charge in [0, 0.05) is 19.6 Å². The fourth-order valence-electron chi connectivity index (χ4n) is 2.21. The topological polar surface area (TPSA) is 37.4 Å². The van der Waals surface area contributed by atoms with Crippen LogP contribution in [0.4, 0.5) is 5.82 Å². The molecule has 0 saturated carbocycles. The van der Waals surface area contributed by atoms with E-state index in [2.05, 4.69) is 49.2 Å².